The molecule has 0 atom stereocenters. The molecule has 138 valence electrons. The summed E-state index contributed by atoms with van der Waals surface area (Å²) >= 11 is 3.36. The monoisotopic (exact) mass is 420 g/mol. The van der Waals surface area contributed by atoms with Crippen LogP contribution in [0.2, 0.25) is 0 Å². The molecule has 0 saturated heterocycles. The van der Waals surface area contributed by atoms with Crippen molar-refractivity contribution in [1.82, 2.24) is 15.6 Å². The SMILES string of the molecule is Cc1cc(C)c(CNC(=O)NCC(=O)Nc2ccc(Br)cc2C)c(=O)[nH]1. The van der Waals surface area contributed by atoms with Gasteiger partial charge in [0.2, 0.25) is 5.91 Å². The number of anilines is 1. The van der Waals surface area contributed by atoms with Crippen molar-refractivity contribution in [3.8, 4) is 0 Å². The average Bonchev–Trinajstić information content (AvgIpc) is 2.54. The number of rotatable bonds is 5. The number of halogens is 1. The summed E-state index contributed by atoms with van der Waals surface area (Å²) < 4.78 is 0.923. The Morgan fingerprint density at radius 2 is 1.81 bits per heavy atom. The molecule has 7 nitrogen and oxygen atoms in total. The first kappa shape index (κ1) is 19.7. The number of carbonyl (C=O) groups excluding carboxylic acids is 2. The predicted molar refractivity (Wildman–Crippen MR) is 104 cm³/mol. The molecule has 0 fully saturated rings. The maximum atomic E-state index is 12.0. The van der Waals surface area contributed by atoms with E-state index in [-0.39, 0.29) is 24.6 Å². The van der Waals surface area contributed by atoms with Gasteiger partial charge in [0, 0.05) is 21.4 Å². The van der Waals surface area contributed by atoms with Gasteiger partial charge in [-0.2, -0.15) is 0 Å². The van der Waals surface area contributed by atoms with Crippen molar-refractivity contribution in [3.63, 3.8) is 0 Å². The Labute approximate surface area is 159 Å². The van der Waals surface area contributed by atoms with Crippen LogP contribution in [0.1, 0.15) is 22.4 Å². The van der Waals surface area contributed by atoms with Crippen molar-refractivity contribution in [2.24, 2.45) is 0 Å². The third kappa shape index (κ3) is 5.45. The molecule has 0 bridgehead atoms. The fourth-order valence-corrected chi connectivity index (χ4v) is 2.93. The summed E-state index contributed by atoms with van der Waals surface area (Å²) in [5.41, 5.74) is 3.41. The summed E-state index contributed by atoms with van der Waals surface area (Å²) in [6.45, 7) is 5.39. The van der Waals surface area contributed by atoms with Crippen LogP contribution in [-0.4, -0.2) is 23.5 Å². The second-order valence-electron chi connectivity index (χ2n) is 5.99. The van der Waals surface area contributed by atoms with Gasteiger partial charge >= 0.3 is 6.03 Å². The highest BCUT2D eigenvalue weighted by Gasteiger charge is 2.10. The van der Waals surface area contributed by atoms with Crippen LogP contribution in [0.15, 0.2) is 33.5 Å². The Balaban J connectivity index is 1.83. The lowest BCUT2D eigenvalue weighted by Gasteiger charge is -2.11. The number of H-pyrrole nitrogens is 1. The maximum Gasteiger partial charge on any atom is 0.315 e. The number of benzene rings is 1. The minimum atomic E-state index is -0.521. The molecule has 0 saturated carbocycles. The number of pyridine rings is 1. The van der Waals surface area contributed by atoms with Crippen LogP contribution in [-0.2, 0) is 11.3 Å². The Morgan fingerprint density at radius 1 is 1.08 bits per heavy atom. The zero-order valence-electron chi connectivity index (χ0n) is 14.8. The lowest BCUT2D eigenvalue weighted by molar-refractivity contribution is -0.115. The van der Waals surface area contributed by atoms with E-state index in [1.54, 1.807) is 13.0 Å². The quantitative estimate of drug-likeness (QED) is 0.597. The Kier molecular flexibility index (Phi) is 6.57. The van der Waals surface area contributed by atoms with E-state index in [4.69, 9.17) is 0 Å². The van der Waals surface area contributed by atoms with E-state index in [2.05, 4.69) is 36.9 Å². The number of hydrogen-bond donors (Lipinski definition) is 4. The lowest BCUT2D eigenvalue weighted by Crippen LogP contribution is -2.40. The summed E-state index contributed by atoms with van der Waals surface area (Å²) in [6.07, 6.45) is 0. The summed E-state index contributed by atoms with van der Waals surface area (Å²) in [5.74, 6) is -0.338. The van der Waals surface area contributed by atoms with Crippen LogP contribution >= 0.6 is 15.9 Å². The maximum absolute atomic E-state index is 12.0. The van der Waals surface area contributed by atoms with Crippen LogP contribution in [0.25, 0.3) is 0 Å². The number of urea groups is 1. The topological polar surface area (TPSA) is 103 Å². The third-order valence-electron chi connectivity index (χ3n) is 3.79. The number of amides is 3. The predicted octanol–water partition coefficient (Wildman–Crippen LogP) is 2.50. The van der Waals surface area contributed by atoms with E-state index in [0.29, 0.717) is 11.3 Å². The first-order valence-corrected chi connectivity index (χ1v) is 8.82. The standard InChI is InChI=1S/C18H21BrN4O3/c1-10-6-12(3)22-17(25)14(10)8-20-18(26)21-9-16(24)23-15-5-4-13(19)7-11(15)2/h4-7H,8-9H2,1-3H3,(H,22,25)(H,23,24)(H2,20,21,26). The summed E-state index contributed by atoms with van der Waals surface area (Å²) in [7, 11) is 0. The molecule has 4 N–H and O–H groups in total. The molecule has 0 spiro atoms. The summed E-state index contributed by atoms with van der Waals surface area (Å²) in [6, 6.07) is 6.81. The number of hydrogen-bond acceptors (Lipinski definition) is 3. The number of aromatic amines is 1. The molecule has 3 amide bonds. The molecular weight excluding hydrogens is 400 g/mol. The van der Waals surface area contributed by atoms with Crippen molar-refractivity contribution in [2.45, 2.75) is 27.3 Å². The van der Waals surface area contributed by atoms with E-state index in [9.17, 15) is 14.4 Å². The summed E-state index contributed by atoms with van der Waals surface area (Å²) in [4.78, 5) is 38.4. The van der Waals surface area contributed by atoms with Crippen molar-refractivity contribution >= 4 is 33.6 Å². The molecule has 26 heavy (non-hydrogen) atoms. The second kappa shape index (κ2) is 8.66. The smallest absolute Gasteiger partial charge is 0.315 e. The van der Waals surface area contributed by atoms with Gasteiger partial charge in [-0.25, -0.2) is 4.79 Å². The normalized spacial score (nSPS) is 10.3. The van der Waals surface area contributed by atoms with Gasteiger partial charge in [-0.1, -0.05) is 15.9 Å². The molecule has 2 rings (SSSR count). The van der Waals surface area contributed by atoms with Crippen molar-refractivity contribution in [1.29, 1.82) is 0 Å². The Hall–Kier alpha value is -2.61. The molecule has 2 aromatic rings. The number of carbonyl (C=O) groups is 2. The fraction of sp³-hybridized carbons (Fsp3) is 0.278. The molecular formula is C18H21BrN4O3. The first-order valence-electron chi connectivity index (χ1n) is 8.03. The fourth-order valence-electron chi connectivity index (χ4n) is 2.45. The van der Waals surface area contributed by atoms with Crippen molar-refractivity contribution in [3.05, 3.63) is 61.5 Å². The third-order valence-corrected chi connectivity index (χ3v) is 4.28. The molecule has 1 aromatic carbocycles. The van der Waals surface area contributed by atoms with Crippen molar-refractivity contribution in [2.75, 3.05) is 11.9 Å². The largest absolute Gasteiger partial charge is 0.334 e. The van der Waals surface area contributed by atoms with Crippen LogP contribution in [0, 0.1) is 20.8 Å². The summed E-state index contributed by atoms with van der Waals surface area (Å²) in [5, 5.41) is 7.79. The minimum absolute atomic E-state index is 0.0840. The van der Waals surface area contributed by atoms with Gasteiger partial charge in [0.25, 0.3) is 5.56 Å². The number of aromatic nitrogens is 1. The van der Waals surface area contributed by atoms with E-state index >= 15 is 0 Å². The highest BCUT2D eigenvalue weighted by molar-refractivity contribution is 9.10. The second-order valence-corrected chi connectivity index (χ2v) is 6.90. The van der Waals surface area contributed by atoms with Crippen LogP contribution < -0.4 is 21.5 Å². The molecule has 0 unspecified atom stereocenters. The Bertz CT molecular complexity index is 892. The highest BCUT2D eigenvalue weighted by atomic mass is 79.9. The van der Waals surface area contributed by atoms with Gasteiger partial charge in [-0.15, -0.1) is 0 Å². The van der Waals surface area contributed by atoms with E-state index in [1.807, 2.05) is 32.0 Å². The van der Waals surface area contributed by atoms with Crippen LogP contribution in [0.5, 0.6) is 0 Å². The molecule has 0 aliphatic carbocycles. The molecule has 1 heterocycles. The van der Waals surface area contributed by atoms with Gasteiger partial charge in [-0.05, 0) is 56.2 Å². The molecule has 0 aliphatic heterocycles. The zero-order chi connectivity index (χ0) is 19.3. The van der Waals surface area contributed by atoms with E-state index < -0.39 is 6.03 Å². The van der Waals surface area contributed by atoms with Crippen LogP contribution in [0.3, 0.4) is 0 Å². The van der Waals surface area contributed by atoms with Gasteiger partial charge in [0.15, 0.2) is 0 Å². The highest BCUT2D eigenvalue weighted by Crippen LogP contribution is 2.19. The van der Waals surface area contributed by atoms with Gasteiger partial charge in [0.1, 0.15) is 0 Å². The first-order chi connectivity index (χ1) is 12.3. The van der Waals surface area contributed by atoms with Gasteiger partial charge in [0.05, 0.1) is 13.1 Å². The van der Waals surface area contributed by atoms with Crippen molar-refractivity contribution < 1.29 is 9.59 Å². The van der Waals surface area contributed by atoms with E-state index in [0.717, 1.165) is 21.3 Å². The number of aryl methyl sites for hydroxylation is 3. The molecule has 1 aromatic heterocycles. The molecule has 0 aliphatic rings. The minimum Gasteiger partial charge on any atom is -0.334 e. The lowest BCUT2D eigenvalue weighted by atomic mass is 10.1. The van der Waals surface area contributed by atoms with Gasteiger partial charge in [-0.3, -0.25) is 9.59 Å². The Morgan fingerprint density at radius 3 is 2.46 bits per heavy atom. The van der Waals surface area contributed by atoms with E-state index in [1.165, 1.54) is 0 Å². The average molecular weight is 421 g/mol. The van der Waals surface area contributed by atoms with Crippen LogP contribution in [0.4, 0.5) is 10.5 Å². The number of nitrogens with one attached hydrogen (secondary N) is 4. The molecule has 0 radical (unpaired) electrons. The molecule has 8 heteroatoms. The van der Waals surface area contributed by atoms with Gasteiger partial charge < -0.3 is 20.9 Å². The zero-order valence-corrected chi connectivity index (χ0v) is 16.4.